The molecule has 42 heavy (non-hydrogen) atoms. The first-order valence-electron chi connectivity index (χ1n) is 14.2. The topological polar surface area (TPSA) is 106 Å². The second-order valence-corrected chi connectivity index (χ2v) is 11.0. The van der Waals surface area contributed by atoms with Crippen LogP contribution in [0.5, 0.6) is 17.2 Å². The average molecular weight is 574 g/mol. The largest absolute Gasteiger partial charge is 0.497 e. The molecule has 8 nitrogen and oxygen atoms in total. The van der Waals surface area contributed by atoms with Gasteiger partial charge >= 0.3 is 11.9 Å². The van der Waals surface area contributed by atoms with Gasteiger partial charge in [0.15, 0.2) is 0 Å². The molecule has 5 rings (SSSR count). The number of nitrogens with zero attached hydrogens (tertiary/aromatic N) is 1. The molecule has 0 aromatic heterocycles. The lowest BCUT2D eigenvalue weighted by molar-refractivity contribution is -0.134. The van der Waals surface area contributed by atoms with Gasteiger partial charge in [0.2, 0.25) is 0 Å². The summed E-state index contributed by atoms with van der Waals surface area (Å²) in [5, 5.41) is 15.6. The van der Waals surface area contributed by atoms with Gasteiger partial charge in [-0.25, -0.2) is 9.59 Å². The fourth-order valence-electron chi connectivity index (χ4n) is 5.75. The minimum Gasteiger partial charge on any atom is -0.497 e. The van der Waals surface area contributed by atoms with E-state index >= 15 is 0 Å². The van der Waals surface area contributed by atoms with Crippen molar-refractivity contribution < 1.29 is 34.0 Å². The molecule has 0 aliphatic carbocycles. The Morgan fingerprint density at radius 3 is 2.12 bits per heavy atom. The Hall–Kier alpha value is -4.30. The Labute approximate surface area is 247 Å². The van der Waals surface area contributed by atoms with Gasteiger partial charge < -0.3 is 24.4 Å². The first kappa shape index (κ1) is 30.7. The highest BCUT2D eigenvalue weighted by atomic mass is 16.5. The molecule has 0 saturated carbocycles. The van der Waals surface area contributed by atoms with Crippen LogP contribution >= 0.6 is 0 Å². The van der Waals surface area contributed by atoms with Crippen molar-refractivity contribution in [3.63, 3.8) is 0 Å². The minimum atomic E-state index is -1.26. The first-order valence-corrected chi connectivity index (χ1v) is 14.2. The van der Waals surface area contributed by atoms with Gasteiger partial charge in [-0.15, -0.1) is 0 Å². The number of hydrogen-bond acceptors (Lipinski definition) is 6. The Bertz CT molecular complexity index is 1350. The molecule has 222 valence electrons. The van der Waals surface area contributed by atoms with Gasteiger partial charge in [0.1, 0.15) is 29.5 Å². The van der Waals surface area contributed by atoms with Crippen LogP contribution in [0.15, 0.2) is 84.9 Å². The number of hydrogen-bond donors (Lipinski definition) is 2. The van der Waals surface area contributed by atoms with E-state index in [-0.39, 0.29) is 11.8 Å². The zero-order valence-electron chi connectivity index (χ0n) is 24.4. The standard InChI is InChI=1S/C30H35NO3.C4H4O4/c1-30(2)29(23-9-5-4-6-10-23)28(26-16-15-25(32-3)21-27(26)34-30)22-11-13-24(14-12-22)33-20-19-31-17-7-8-18-31;5-3(6)1-2-4(7)8/h4-6,9-16,21,28-29H,7-8,17-20H2,1-3H3;1-2H,(H,5,6)(H,7,8)/b;2-1-/t28-,29+;/m1./s1. The number of benzene rings is 3. The summed E-state index contributed by atoms with van der Waals surface area (Å²) in [7, 11) is 1.70. The number of rotatable bonds is 9. The zero-order chi connectivity index (χ0) is 30.1. The smallest absolute Gasteiger partial charge is 0.328 e. The summed E-state index contributed by atoms with van der Waals surface area (Å²) in [5.41, 5.74) is 3.35. The Balaban J connectivity index is 0.000000446. The normalized spacial score (nSPS) is 19.2. The summed E-state index contributed by atoms with van der Waals surface area (Å²) in [5.74, 6) is 0.447. The molecular weight excluding hydrogens is 534 g/mol. The molecule has 1 saturated heterocycles. The van der Waals surface area contributed by atoms with Crippen LogP contribution in [0.1, 0.15) is 55.2 Å². The quantitative estimate of drug-likeness (QED) is 0.302. The van der Waals surface area contributed by atoms with Crippen molar-refractivity contribution in [2.24, 2.45) is 0 Å². The molecule has 0 spiro atoms. The van der Waals surface area contributed by atoms with Gasteiger partial charge in [-0.3, -0.25) is 4.90 Å². The van der Waals surface area contributed by atoms with E-state index in [0.717, 1.165) is 30.4 Å². The van der Waals surface area contributed by atoms with Crippen LogP contribution < -0.4 is 14.2 Å². The fraction of sp³-hybridized carbons (Fsp3) is 0.353. The number of methoxy groups -OCH3 is 1. The number of likely N-dealkylation sites (tertiary alicyclic amines) is 1. The van der Waals surface area contributed by atoms with Gasteiger partial charge in [-0.2, -0.15) is 0 Å². The van der Waals surface area contributed by atoms with Crippen LogP contribution in [0.3, 0.4) is 0 Å². The fourth-order valence-corrected chi connectivity index (χ4v) is 5.75. The molecule has 2 aliphatic rings. The highest BCUT2D eigenvalue weighted by Gasteiger charge is 2.45. The Kier molecular flexibility index (Phi) is 10.3. The summed E-state index contributed by atoms with van der Waals surface area (Å²) >= 11 is 0. The second kappa shape index (κ2) is 14.0. The third kappa shape index (κ3) is 7.91. The summed E-state index contributed by atoms with van der Waals surface area (Å²) < 4.78 is 18.2. The van der Waals surface area contributed by atoms with Gasteiger partial charge in [0.05, 0.1) is 7.11 Å². The van der Waals surface area contributed by atoms with Crippen LogP contribution in [0.2, 0.25) is 0 Å². The summed E-state index contributed by atoms with van der Waals surface area (Å²) in [6.45, 7) is 8.52. The lowest BCUT2D eigenvalue weighted by atomic mass is 9.68. The lowest BCUT2D eigenvalue weighted by Crippen LogP contribution is -2.43. The van der Waals surface area contributed by atoms with Gasteiger partial charge in [-0.1, -0.05) is 48.5 Å². The van der Waals surface area contributed by atoms with Crippen LogP contribution in [-0.4, -0.2) is 66.0 Å². The van der Waals surface area contributed by atoms with E-state index < -0.39 is 17.5 Å². The second-order valence-electron chi connectivity index (χ2n) is 11.0. The third-order valence-electron chi connectivity index (χ3n) is 7.65. The Morgan fingerprint density at radius 1 is 0.905 bits per heavy atom. The molecule has 2 atom stereocenters. The van der Waals surface area contributed by atoms with E-state index in [1.54, 1.807) is 7.11 Å². The predicted octanol–water partition coefficient (Wildman–Crippen LogP) is 5.97. The molecule has 2 N–H and O–H groups in total. The molecule has 3 aromatic rings. The zero-order valence-corrected chi connectivity index (χ0v) is 24.4. The first-order chi connectivity index (χ1) is 20.2. The number of ether oxygens (including phenoxy) is 3. The van der Waals surface area contributed by atoms with E-state index in [9.17, 15) is 9.59 Å². The predicted molar refractivity (Wildman–Crippen MR) is 161 cm³/mol. The summed E-state index contributed by atoms with van der Waals surface area (Å²) in [4.78, 5) is 21.6. The highest BCUT2D eigenvalue weighted by molar-refractivity contribution is 5.89. The van der Waals surface area contributed by atoms with Crippen molar-refractivity contribution in [2.45, 2.75) is 44.1 Å². The highest BCUT2D eigenvalue weighted by Crippen LogP contribution is 2.53. The Morgan fingerprint density at radius 2 is 1.52 bits per heavy atom. The molecule has 0 radical (unpaired) electrons. The summed E-state index contributed by atoms with van der Waals surface area (Å²) in [6, 6.07) is 25.6. The molecular formula is C34H39NO7. The van der Waals surface area contributed by atoms with Crippen molar-refractivity contribution in [3.05, 3.63) is 102 Å². The van der Waals surface area contributed by atoms with Crippen LogP contribution in [0.4, 0.5) is 0 Å². The number of aliphatic carboxylic acids is 2. The molecule has 3 aromatic carbocycles. The van der Waals surface area contributed by atoms with E-state index in [1.807, 2.05) is 12.1 Å². The van der Waals surface area contributed by atoms with Crippen LogP contribution in [-0.2, 0) is 9.59 Å². The van der Waals surface area contributed by atoms with Crippen molar-refractivity contribution in [3.8, 4) is 17.2 Å². The monoisotopic (exact) mass is 573 g/mol. The van der Waals surface area contributed by atoms with Crippen LogP contribution in [0, 0.1) is 0 Å². The number of fused-ring (bicyclic) bond motifs is 1. The van der Waals surface area contributed by atoms with E-state index in [4.69, 9.17) is 24.4 Å². The molecule has 2 aliphatic heterocycles. The molecule has 0 amide bonds. The maximum Gasteiger partial charge on any atom is 0.328 e. The number of carboxylic acids is 2. The van der Waals surface area contributed by atoms with Gasteiger partial charge in [-0.05, 0) is 69.1 Å². The molecule has 8 heteroatoms. The molecule has 1 fully saturated rings. The van der Waals surface area contributed by atoms with Gasteiger partial charge in [0, 0.05) is 42.2 Å². The summed E-state index contributed by atoms with van der Waals surface area (Å²) in [6.07, 6.45) is 3.74. The van der Waals surface area contributed by atoms with E-state index in [1.165, 1.54) is 42.6 Å². The number of carboxylic acid groups (broad SMARTS) is 2. The van der Waals surface area contributed by atoms with Crippen molar-refractivity contribution in [1.29, 1.82) is 0 Å². The van der Waals surface area contributed by atoms with Crippen LogP contribution in [0.25, 0.3) is 0 Å². The maximum absolute atomic E-state index is 9.55. The number of carbonyl (C=O) groups is 2. The van der Waals surface area contributed by atoms with E-state index in [2.05, 4.69) is 79.4 Å². The lowest BCUT2D eigenvalue weighted by Gasteiger charge is -2.45. The minimum absolute atomic E-state index is 0.158. The molecule has 0 bridgehead atoms. The van der Waals surface area contributed by atoms with Crippen molar-refractivity contribution in [2.75, 3.05) is 33.4 Å². The van der Waals surface area contributed by atoms with Crippen molar-refractivity contribution >= 4 is 11.9 Å². The van der Waals surface area contributed by atoms with Crippen molar-refractivity contribution in [1.82, 2.24) is 4.90 Å². The van der Waals surface area contributed by atoms with Gasteiger partial charge in [0.25, 0.3) is 0 Å². The molecule has 2 heterocycles. The maximum atomic E-state index is 9.55. The SMILES string of the molecule is COc1ccc2c(c1)OC(C)(C)[C@@H](c1ccccc1)[C@@H]2c1ccc(OCCN2CCCC2)cc1.O=C(O)/C=C\C(=O)O. The van der Waals surface area contributed by atoms with E-state index in [0.29, 0.717) is 12.2 Å². The molecule has 0 unspecified atom stereocenters. The average Bonchev–Trinajstić information content (AvgIpc) is 3.49. The third-order valence-corrected chi connectivity index (χ3v) is 7.65.